The van der Waals surface area contributed by atoms with Gasteiger partial charge in [0, 0.05) is 31.4 Å². The van der Waals surface area contributed by atoms with Gasteiger partial charge in [0.2, 0.25) is 11.6 Å². The van der Waals surface area contributed by atoms with E-state index in [-0.39, 0.29) is 18.0 Å². The van der Waals surface area contributed by atoms with E-state index < -0.39 is 0 Å². The van der Waals surface area contributed by atoms with Crippen molar-refractivity contribution in [3.63, 3.8) is 0 Å². The van der Waals surface area contributed by atoms with Gasteiger partial charge in [-0.15, -0.1) is 0 Å². The first-order valence-electron chi connectivity index (χ1n) is 10.9. The Hall–Kier alpha value is -4.05. The van der Waals surface area contributed by atoms with Crippen LogP contribution in [0.5, 0.6) is 0 Å². The first-order valence-corrected chi connectivity index (χ1v) is 10.9. The number of carbonyl (C=O) groups is 1. The lowest BCUT2D eigenvalue weighted by atomic mass is 10.0. The molecular formula is C26H24FN5O. The summed E-state index contributed by atoms with van der Waals surface area (Å²) in [6.45, 7) is 12.7. The first-order chi connectivity index (χ1) is 16.1. The Bertz CT molecular complexity index is 1230. The minimum Gasteiger partial charge on any atom is -0.369 e. The Morgan fingerprint density at radius 1 is 1.21 bits per heavy atom. The van der Waals surface area contributed by atoms with Crippen molar-refractivity contribution in [3.8, 4) is 11.3 Å². The van der Waals surface area contributed by atoms with Gasteiger partial charge in [0.25, 0.3) is 0 Å². The molecule has 33 heavy (non-hydrogen) atoms. The normalized spacial score (nSPS) is 13.3. The van der Waals surface area contributed by atoms with Gasteiger partial charge in [0.05, 0.1) is 18.0 Å². The molecule has 4 rings (SSSR count). The third kappa shape index (κ3) is 5.24. The van der Waals surface area contributed by atoms with Crippen LogP contribution in [0.25, 0.3) is 16.1 Å². The number of allylic oxidation sites excluding steroid dienone is 1. The molecule has 0 unspecified atom stereocenters. The number of nitrogens with one attached hydrogen (secondary N) is 1. The lowest BCUT2D eigenvalue weighted by Crippen LogP contribution is -2.30. The van der Waals surface area contributed by atoms with Gasteiger partial charge < -0.3 is 10.2 Å². The van der Waals surface area contributed by atoms with Crippen LogP contribution in [0.15, 0.2) is 61.3 Å². The lowest BCUT2D eigenvalue weighted by Gasteiger charge is -2.29. The standard InChI is InChI=1S/C26H24FN5O/c1-3-21(33)15-18-8-7-9-19(14-18)25-23(28-2)17-29-26(31-25)30-20-10-11-22(27)24(16-20)32-12-5-4-6-13-32/h3,7-11,14,16-17H,1,4-6,12-13,15H2,(H,29,30,31). The summed E-state index contributed by atoms with van der Waals surface area (Å²) in [7, 11) is 0. The molecular weight excluding hydrogens is 417 g/mol. The average Bonchev–Trinajstić information content (AvgIpc) is 2.85. The van der Waals surface area contributed by atoms with E-state index in [1.54, 1.807) is 12.1 Å². The van der Waals surface area contributed by atoms with Crippen LogP contribution >= 0.6 is 0 Å². The fourth-order valence-electron chi connectivity index (χ4n) is 3.93. The van der Waals surface area contributed by atoms with Crippen molar-refractivity contribution in [2.24, 2.45) is 0 Å². The highest BCUT2D eigenvalue weighted by molar-refractivity contribution is 5.91. The molecule has 0 amide bonds. The van der Waals surface area contributed by atoms with Gasteiger partial charge in [-0.1, -0.05) is 30.8 Å². The predicted octanol–water partition coefficient (Wildman–Crippen LogP) is 5.86. The summed E-state index contributed by atoms with van der Waals surface area (Å²) in [5, 5.41) is 3.14. The van der Waals surface area contributed by atoms with E-state index in [1.807, 2.05) is 24.3 Å². The van der Waals surface area contributed by atoms with E-state index in [0.29, 0.717) is 34.3 Å². The molecule has 166 valence electrons. The molecule has 1 N–H and O–H groups in total. The summed E-state index contributed by atoms with van der Waals surface area (Å²) in [5.74, 6) is -0.0251. The third-order valence-corrected chi connectivity index (χ3v) is 5.60. The Morgan fingerprint density at radius 2 is 2.03 bits per heavy atom. The number of rotatable bonds is 7. The molecule has 6 nitrogen and oxygen atoms in total. The second-order valence-electron chi connectivity index (χ2n) is 7.93. The molecule has 0 saturated carbocycles. The molecule has 0 radical (unpaired) electrons. The number of halogens is 1. The van der Waals surface area contributed by atoms with Crippen LogP contribution in [0.3, 0.4) is 0 Å². The monoisotopic (exact) mass is 441 g/mol. The fourth-order valence-corrected chi connectivity index (χ4v) is 3.93. The molecule has 0 spiro atoms. The lowest BCUT2D eigenvalue weighted by molar-refractivity contribution is -0.114. The SMILES string of the molecule is [C-]#[N+]c1cnc(Nc2ccc(F)c(N3CCCCC3)c2)nc1-c1cccc(CC(=O)C=C)c1. The van der Waals surface area contributed by atoms with Gasteiger partial charge in [0.15, 0.2) is 5.78 Å². The summed E-state index contributed by atoms with van der Waals surface area (Å²) in [6.07, 6.45) is 6.27. The number of hydrogen-bond donors (Lipinski definition) is 1. The number of ketones is 1. The summed E-state index contributed by atoms with van der Waals surface area (Å²) >= 11 is 0. The van der Waals surface area contributed by atoms with Crippen molar-refractivity contribution in [2.45, 2.75) is 25.7 Å². The van der Waals surface area contributed by atoms with Crippen LogP contribution in [0.1, 0.15) is 24.8 Å². The minimum atomic E-state index is -0.252. The molecule has 2 heterocycles. The molecule has 1 fully saturated rings. The molecule has 1 aliphatic heterocycles. The summed E-state index contributed by atoms with van der Waals surface area (Å²) in [6, 6.07) is 12.2. The van der Waals surface area contributed by atoms with Crippen molar-refractivity contribution < 1.29 is 9.18 Å². The summed E-state index contributed by atoms with van der Waals surface area (Å²) in [4.78, 5) is 26.2. The molecule has 7 heteroatoms. The number of aromatic nitrogens is 2. The molecule has 0 aliphatic carbocycles. The molecule has 2 aromatic carbocycles. The summed E-state index contributed by atoms with van der Waals surface area (Å²) in [5.41, 5.74) is 3.54. The van der Waals surface area contributed by atoms with Gasteiger partial charge in [-0.05, 0) is 54.7 Å². The average molecular weight is 442 g/mol. The topological polar surface area (TPSA) is 62.5 Å². The van der Waals surface area contributed by atoms with E-state index in [2.05, 4.69) is 31.6 Å². The smallest absolute Gasteiger partial charge is 0.230 e. The molecule has 1 saturated heterocycles. The van der Waals surface area contributed by atoms with Crippen LogP contribution in [0, 0.1) is 12.4 Å². The van der Waals surface area contributed by atoms with E-state index in [9.17, 15) is 9.18 Å². The van der Waals surface area contributed by atoms with Crippen LogP contribution in [-0.4, -0.2) is 28.8 Å². The van der Waals surface area contributed by atoms with Crippen molar-refractivity contribution in [2.75, 3.05) is 23.3 Å². The number of nitrogens with zero attached hydrogens (tertiary/aromatic N) is 4. The molecule has 0 bridgehead atoms. The second kappa shape index (κ2) is 10.0. The van der Waals surface area contributed by atoms with Crippen LogP contribution in [0.2, 0.25) is 0 Å². The second-order valence-corrected chi connectivity index (χ2v) is 7.93. The predicted molar refractivity (Wildman–Crippen MR) is 128 cm³/mol. The zero-order chi connectivity index (χ0) is 23.2. The Balaban J connectivity index is 1.63. The first kappa shape index (κ1) is 22.2. The van der Waals surface area contributed by atoms with Gasteiger partial charge in [-0.2, -0.15) is 0 Å². The Kier molecular flexibility index (Phi) is 6.75. The van der Waals surface area contributed by atoms with Gasteiger partial charge in [-0.25, -0.2) is 19.2 Å². The maximum Gasteiger partial charge on any atom is 0.230 e. The number of piperidine rings is 1. The van der Waals surface area contributed by atoms with E-state index in [1.165, 1.54) is 24.8 Å². The minimum absolute atomic E-state index is 0.0802. The van der Waals surface area contributed by atoms with E-state index in [4.69, 9.17) is 6.57 Å². The zero-order valence-corrected chi connectivity index (χ0v) is 18.2. The third-order valence-electron chi connectivity index (χ3n) is 5.60. The molecule has 3 aromatic rings. The van der Waals surface area contributed by atoms with Gasteiger partial charge >= 0.3 is 0 Å². The van der Waals surface area contributed by atoms with E-state index in [0.717, 1.165) is 31.5 Å². The molecule has 0 atom stereocenters. The largest absolute Gasteiger partial charge is 0.369 e. The highest BCUT2D eigenvalue weighted by atomic mass is 19.1. The zero-order valence-electron chi connectivity index (χ0n) is 18.2. The number of carbonyl (C=O) groups excluding carboxylic acids is 1. The van der Waals surface area contributed by atoms with Crippen molar-refractivity contribution in [1.82, 2.24) is 9.97 Å². The van der Waals surface area contributed by atoms with E-state index >= 15 is 0 Å². The maximum atomic E-state index is 14.5. The number of anilines is 3. The van der Waals surface area contributed by atoms with Crippen molar-refractivity contribution in [1.29, 1.82) is 0 Å². The van der Waals surface area contributed by atoms with Crippen LogP contribution < -0.4 is 10.2 Å². The number of benzene rings is 2. The van der Waals surface area contributed by atoms with Gasteiger partial charge in [0.1, 0.15) is 5.82 Å². The summed E-state index contributed by atoms with van der Waals surface area (Å²) < 4.78 is 14.5. The van der Waals surface area contributed by atoms with Gasteiger partial charge in [-0.3, -0.25) is 4.79 Å². The highest BCUT2D eigenvalue weighted by Crippen LogP contribution is 2.31. The molecule has 1 aliphatic rings. The number of hydrogen-bond acceptors (Lipinski definition) is 5. The van der Waals surface area contributed by atoms with Crippen LogP contribution in [-0.2, 0) is 11.2 Å². The van der Waals surface area contributed by atoms with Crippen LogP contribution in [0.4, 0.5) is 27.4 Å². The highest BCUT2D eigenvalue weighted by Gasteiger charge is 2.16. The quantitative estimate of drug-likeness (QED) is 0.367. The fraction of sp³-hybridized carbons (Fsp3) is 0.231. The Morgan fingerprint density at radius 3 is 2.79 bits per heavy atom. The molecule has 1 aromatic heterocycles. The Labute approximate surface area is 192 Å². The maximum absolute atomic E-state index is 14.5. The van der Waals surface area contributed by atoms with Crippen molar-refractivity contribution >= 4 is 28.8 Å². The van der Waals surface area contributed by atoms with Crippen molar-refractivity contribution in [3.05, 3.63) is 84.1 Å².